The van der Waals surface area contributed by atoms with Crippen molar-refractivity contribution in [2.24, 2.45) is 16.8 Å². The zero-order valence-corrected chi connectivity index (χ0v) is 16.5. The summed E-state index contributed by atoms with van der Waals surface area (Å²) < 4.78 is 5.28. The average Bonchev–Trinajstić information content (AvgIpc) is 3.20. The van der Waals surface area contributed by atoms with Crippen molar-refractivity contribution in [2.75, 3.05) is 26.3 Å². The Kier molecular flexibility index (Phi) is 8.99. The number of hydrogen-bond donors (Lipinski definition) is 4. The standard InChI is InChI=1S/C18H32N6O4/c1-2-14(12-20-23-17(19)26)21-16(25)15(11-13-5-3-4-6-13)22-18(27)24-7-9-28-10-8-24/h12-15H,2-11H2,1H3,(H,21,25)(H,22,27)(H3,19,23,26)/b20-12+/t14-,15-/m0/s1. The van der Waals surface area contributed by atoms with E-state index in [9.17, 15) is 14.4 Å². The Balaban J connectivity index is 1.97. The quantitative estimate of drug-likeness (QED) is 0.351. The molecule has 0 aromatic carbocycles. The highest BCUT2D eigenvalue weighted by molar-refractivity contribution is 5.89. The lowest BCUT2D eigenvalue weighted by Gasteiger charge is -2.30. The Morgan fingerprint density at radius 1 is 1.21 bits per heavy atom. The Labute approximate surface area is 165 Å². The molecule has 1 heterocycles. The first-order valence-corrected chi connectivity index (χ1v) is 10.0. The van der Waals surface area contributed by atoms with Crippen LogP contribution in [0.5, 0.6) is 0 Å². The number of nitrogens with zero attached hydrogens (tertiary/aromatic N) is 2. The van der Waals surface area contributed by atoms with E-state index >= 15 is 0 Å². The van der Waals surface area contributed by atoms with Crippen molar-refractivity contribution in [2.45, 2.75) is 57.5 Å². The number of nitrogens with two attached hydrogens (primary N) is 1. The highest BCUT2D eigenvalue weighted by atomic mass is 16.5. The van der Waals surface area contributed by atoms with E-state index in [4.69, 9.17) is 10.5 Å². The molecule has 28 heavy (non-hydrogen) atoms. The monoisotopic (exact) mass is 396 g/mol. The molecular formula is C18H32N6O4. The van der Waals surface area contributed by atoms with Gasteiger partial charge in [-0.3, -0.25) is 4.79 Å². The second-order valence-electron chi connectivity index (χ2n) is 7.27. The molecule has 2 atom stereocenters. The van der Waals surface area contributed by atoms with Crippen LogP contribution in [0.15, 0.2) is 5.10 Å². The molecule has 5 N–H and O–H groups in total. The van der Waals surface area contributed by atoms with Gasteiger partial charge in [0.05, 0.1) is 19.3 Å². The minimum absolute atomic E-state index is 0.237. The Morgan fingerprint density at radius 3 is 2.50 bits per heavy atom. The first-order chi connectivity index (χ1) is 13.5. The molecule has 0 radical (unpaired) electrons. The van der Waals surface area contributed by atoms with Crippen LogP contribution in [0.1, 0.15) is 45.4 Å². The van der Waals surface area contributed by atoms with E-state index in [-0.39, 0.29) is 18.0 Å². The number of hydrogen-bond acceptors (Lipinski definition) is 5. The molecule has 1 aliphatic carbocycles. The summed E-state index contributed by atoms with van der Waals surface area (Å²) in [5, 5.41) is 9.51. The van der Waals surface area contributed by atoms with Gasteiger partial charge in [0.2, 0.25) is 5.91 Å². The summed E-state index contributed by atoms with van der Waals surface area (Å²) in [6.45, 7) is 3.95. The van der Waals surface area contributed by atoms with Gasteiger partial charge in [0, 0.05) is 19.3 Å². The summed E-state index contributed by atoms with van der Waals surface area (Å²) in [7, 11) is 0. The van der Waals surface area contributed by atoms with E-state index < -0.39 is 12.1 Å². The topological polar surface area (TPSA) is 138 Å². The first-order valence-electron chi connectivity index (χ1n) is 10.0. The van der Waals surface area contributed by atoms with Gasteiger partial charge in [0.25, 0.3) is 0 Å². The van der Waals surface area contributed by atoms with Gasteiger partial charge in [-0.05, 0) is 18.8 Å². The number of primary amides is 1. The fourth-order valence-electron chi connectivity index (χ4n) is 3.54. The molecule has 0 bridgehead atoms. The minimum atomic E-state index is -0.769. The number of amides is 5. The number of nitrogens with one attached hydrogen (secondary N) is 3. The molecule has 10 heteroatoms. The van der Waals surface area contributed by atoms with E-state index in [0.717, 1.165) is 12.8 Å². The molecule has 2 rings (SSSR count). The molecular weight excluding hydrogens is 364 g/mol. The summed E-state index contributed by atoms with van der Waals surface area (Å²) in [5.41, 5.74) is 7.09. The molecule has 1 saturated carbocycles. The van der Waals surface area contributed by atoms with Crippen molar-refractivity contribution < 1.29 is 19.1 Å². The number of carbonyl (C=O) groups excluding carboxylic acids is 3. The van der Waals surface area contributed by atoms with E-state index in [0.29, 0.717) is 45.1 Å². The van der Waals surface area contributed by atoms with Crippen molar-refractivity contribution in [1.82, 2.24) is 21.0 Å². The number of rotatable bonds is 8. The number of hydrazone groups is 1. The van der Waals surface area contributed by atoms with Crippen LogP contribution in [0.3, 0.4) is 0 Å². The third kappa shape index (κ3) is 7.34. The minimum Gasteiger partial charge on any atom is -0.378 e. The van der Waals surface area contributed by atoms with E-state index in [1.165, 1.54) is 19.1 Å². The molecule has 2 aliphatic rings. The van der Waals surface area contributed by atoms with Crippen LogP contribution in [-0.2, 0) is 9.53 Å². The van der Waals surface area contributed by atoms with Crippen molar-refractivity contribution in [3.05, 3.63) is 0 Å². The second-order valence-corrected chi connectivity index (χ2v) is 7.27. The van der Waals surface area contributed by atoms with E-state index in [2.05, 4.69) is 21.2 Å². The molecule has 2 fully saturated rings. The smallest absolute Gasteiger partial charge is 0.332 e. The van der Waals surface area contributed by atoms with Gasteiger partial charge in [0.15, 0.2) is 0 Å². The number of morpholine rings is 1. The third-order valence-electron chi connectivity index (χ3n) is 5.15. The molecule has 5 amide bonds. The predicted molar refractivity (Wildman–Crippen MR) is 105 cm³/mol. The Morgan fingerprint density at radius 2 is 1.89 bits per heavy atom. The predicted octanol–water partition coefficient (Wildman–Crippen LogP) is 0.526. The molecule has 1 saturated heterocycles. The summed E-state index contributed by atoms with van der Waals surface area (Å²) in [5.74, 6) is 0.192. The molecule has 1 aliphatic heterocycles. The third-order valence-corrected chi connectivity index (χ3v) is 5.15. The van der Waals surface area contributed by atoms with Crippen molar-refractivity contribution in [3.63, 3.8) is 0 Å². The van der Waals surface area contributed by atoms with Gasteiger partial charge >= 0.3 is 12.1 Å². The zero-order chi connectivity index (χ0) is 20.4. The van der Waals surface area contributed by atoms with Gasteiger partial charge < -0.3 is 26.0 Å². The molecule has 0 aromatic rings. The molecule has 0 unspecified atom stereocenters. The number of urea groups is 2. The van der Waals surface area contributed by atoms with Crippen LogP contribution in [-0.4, -0.2) is 67.5 Å². The highest BCUT2D eigenvalue weighted by Gasteiger charge is 2.29. The summed E-state index contributed by atoms with van der Waals surface area (Å²) in [6, 6.07) is -1.98. The Bertz CT molecular complexity index is 558. The molecule has 158 valence electrons. The lowest BCUT2D eigenvalue weighted by atomic mass is 9.97. The normalized spacial score (nSPS) is 20.0. The molecule has 0 spiro atoms. The van der Waals surface area contributed by atoms with Crippen LogP contribution >= 0.6 is 0 Å². The second kappa shape index (κ2) is 11.5. The van der Waals surface area contributed by atoms with Crippen LogP contribution in [0.25, 0.3) is 0 Å². The summed E-state index contributed by atoms with van der Waals surface area (Å²) in [6.07, 6.45) is 7.13. The number of carbonyl (C=O) groups is 3. The summed E-state index contributed by atoms with van der Waals surface area (Å²) >= 11 is 0. The zero-order valence-electron chi connectivity index (χ0n) is 16.5. The maximum Gasteiger partial charge on any atom is 0.332 e. The van der Waals surface area contributed by atoms with Crippen LogP contribution in [0.4, 0.5) is 9.59 Å². The van der Waals surface area contributed by atoms with Crippen molar-refractivity contribution in [3.8, 4) is 0 Å². The largest absolute Gasteiger partial charge is 0.378 e. The van der Waals surface area contributed by atoms with Crippen LogP contribution in [0, 0.1) is 5.92 Å². The van der Waals surface area contributed by atoms with Crippen LogP contribution in [0.2, 0.25) is 0 Å². The average molecular weight is 396 g/mol. The van der Waals surface area contributed by atoms with Crippen LogP contribution < -0.4 is 21.8 Å². The van der Waals surface area contributed by atoms with Gasteiger partial charge in [-0.15, -0.1) is 0 Å². The van der Waals surface area contributed by atoms with Gasteiger partial charge in [-0.25, -0.2) is 15.0 Å². The SMILES string of the molecule is CC[C@@H](/C=N/NC(N)=O)NC(=O)[C@H](CC1CCCC1)NC(=O)N1CCOCC1. The van der Waals surface area contributed by atoms with E-state index in [1.807, 2.05) is 6.92 Å². The fraction of sp³-hybridized carbons (Fsp3) is 0.778. The van der Waals surface area contributed by atoms with Gasteiger partial charge in [-0.2, -0.15) is 5.10 Å². The summed E-state index contributed by atoms with van der Waals surface area (Å²) in [4.78, 5) is 37.8. The van der Waals surface area contributed by atoms with E-state index in [1.54, 1.807) is 4.90 Å². The molecule has 10 nitrogen and oxygen atoms in total. The lowest BCUT2D eigenvalue weighted by Crippen LogP contribution is -2.55. The van der Waals surface area contributed by atoms with Crippen molar-refractivity contribution in [1.29, 1.82) is 0 Å². The first kappa shape index (κ1) is 21.9. The number of ether oxygens (including phenoxy) is 1. The van der Waals surface area contributed by atoms with Crippen molar-refractivity contribution >= 4 is 24.2 Å². The van der Waals surface area contributed by atoms with Gasteiger partial charge in [-0.1, -0.05) is 32.6 Å². The lowest BCUT2D eigenvalue weighted by molar-refractivity contribution is -0.123. The highest BCUT2D eigenvalue weighted by Crippen LogP contribution is 2.28. The molecule has 0 aromatic heterocycles. The maximum absolute atomic E-state index is 12.9. The fourth-order valence-corrected chi connectivity index (χ4v) is 3.54. The van der Waals surface area contributed by atoms with Gasteiger partial charge in [0.1, 0.15) is 6.04 Å². The maximum atomic E-state index is 12.9. The Hall–Kier alpha value is -2.36.